The highest BCUT2D eigenvalue weighted by Crippen LogP contribution is 2.26. The van der Waals surface area contributed by atoms with Crippen LogP contribution in [-0.4, -0.2) is 52.7 Å². The maximum atomic E-state index is 12.5. The molecule has 1 fully saturated rings. The van der Waals surface area contributed by atoms with Crippen molar-refractivity contribution >= 4 is 10.2 Å². The van der Waals surface area contributed by atoms with Crippen LogP contribution >= 0.6 is 0 Å². The number of hydrogen-bond donors (Lipinski definition) is 1. The average molecular weight is 354 g/mol. The van der Waals surface area contributed by atoms with Gasteiger partial charge in [-0.05, 0) is 36.8 Å². The molecule has 0 bridgehead atoms. The first-order valence-electron chi connectivity index (χ1n) is 8.53. The van der Waals surface area contributed by atoms with E-state index < -0.39 is 10.2 Å². The Morgan fingerprint density at radius 3 is 2.75 bits per heavy atom. The summed E-state index contributed by atoms with van der Waals surface area (Å²) >= 11 is 0. The lowest BCUT2D eigenvalue weighted by atomic mass is 9.97. The van der Waals surface area contributed by atoms with E-state index in [1.54, 1.807) is 11.4 Å². The number of nitrogens with one attached hydrogen (secondary N) is 1. The van der Waals surface area contributed by atoms with Crippen LogP contribution in [0.5, 0.6) is 5.75 Å². The topological polar surface area (TPSA) is 67.9 Å². The molecule has 1 N–H and O–H groups in total. The van der Waals surface area contributed by atoms with Crippen molar-refractivity contribution in [1.82, 2.24) is 9.03 Å². The van der Waals surface area contributed by atoms with Gasteiger partial charge in [-0.15, -0.1) is 0 Å². The molecule has 1 saturated heterocycles. The third-order valence-electron chi connectivity index (χ3n) is 4.83. The SMILES string of the molecule is COCC1CCN(S(=O)(=O)NC[C@@H]2COc3ccccc3C2)CC1. The van der Waals surface area contributed by atoms with Gasteiger partial charge >= 0.3 is 0 Å². The van der Waals surface area contributed by atoms with Gasteiger partial charge in [-0.2, -0.15) is 12.7 Å². The molecule has 2 aliphatic rings. The molecule has 0 saturated carbocycles. The standard InChI is InChI=1S/C17H26N2O4S/c1-22-12-14-6-8-19(9-7-14)24(20,21)18-11-15-10-16-4-2-3-5-17(16)23-13-15/h2-5,14-15,18H,6-13H2,1H3/t15-/m1/s1. The van der Waals surface area contributed by atoms with Gasteiger partial charge in [0.1, 0.15) is 5.75 Å². The maximum absolute atomic E-state index is 12.5. The third-order valence-corrected chi connectivity index (χ3v) is 6.40. The molecular weight excluding hydrogens is 328 g/mol. The van der Waals surface area contributed by atoms with Gasteiger partial charge in [-0.25, -0.2) is 4.72 Å². The number of benzene rings is 1. The predicted molar refractivity (Wildman–Crippen MR) is 92.2 cm³/mol. The molecule has 1 aromatic carbocycles. The summed E-state index contributed by atoms with van der Waals surface area (Å²) in [6, 6.07) is 7.93. The van der Waals surface area contributed by atoms with Crippen molar-refractivity contribution in [3.8, 4) is 5.75 Å². The average Bonchev–Trinajstić information content (AvgIpc) is 2.61. The molecule has 0 aliphatic carbocycles. The molecule has 24 heavy (non-hydrogen) atoms. The third kappa shape index (κ3) is 4.27. The fraction of sp³-hybridized carbons (Fsp3) is 0.647. The first kappa shape index (κ1) is 17.7. The Balaban J connectivity index is 1.49. The molecule has 0 spiro atoms. The number of piperidine rings is 1. The number of hydrogen-bond acceptors (Lipinski definition) is 4. The molecule has 3 rings (SSSR count). The van der Waals surface area contributed by atoms with Crippen molar-refractivity contribution in [2.24, 2.45) is 11.8 Å². The van der Waals surface area contributed by atoms with E-state index in [9.17, 15) is 8.42 Å². The molecule has 0 unspecified atom stereocenters. The van der Waals surface area contributed by atoms with Gasteiger partial charge in [0, 0.05) is 39.3 Å². The van der Waals surface area contributed by atoms with Crippen LogP contribution in [0.2, 0.25) is 0 Å². The molecule has 0 amide bonds. The summed E-state index contributed by atoms with van der Waals surface area (Å²) in [5, 5.41) is 0. The molecule has 7 heteroatoms. The van der Waals surface area contributed by atoms with Crippen molar-refractivity contribution in [2.45, 2.75) is 19.3 Å². The van der Waals surface area contributed by atoms with E-state index in [0.717, 1.165) is 30.6 Å². The van der Waals surface area contributed by atoms with Gasteiger partial charge in [0.2, 0.25) is 0 Å². The molecule has 134 valence electrons. The van der Waals surface area contributed by atoms with Gasteiger partial charge in [0.25, 0.3) is 10.2 Å². The quantitative estimate of drug-likeness (QED) is 0.839. The maximum Gasteiger partial charge on any atom is 0.279 e. The molecule has 6 nitrogen and oxygen atoms in total. The van der Waals surface area contributed by atoms with Crippen LogP contribution in [0.3, 0.4) is 0 Å². The van der Waals surface area contributed by atoms with Crippen LogP contribution in [0.15, 0.2) is 24.3 Å². The Morgan fingerprint density at radius 2 is 2.00 bits per heavy atom. The van der Waals surface area contributed by atoms with Crippen molar-refractivity contribution in [3.05, 3.63) is 29.8 Å². The van der Waals surface area contributed by atoms with E-state index in [1.807, 2.05) is 24.3 Å². The van der Waals surface area contributed by atoms with Crippen LogP contribution in [0.1, 0.15) is 18.4 Å². The summed E-state index contributed by atoms with van der Waals surface area (Å²) in [5.74, 6) is 1.54. The fourth-order valence-corrected chi connectivity index (χ4v) is 4.71. The largest absolute Gasteiger partial charge is 0.493 e. The zero-order valence-corrected chi connectivity index (χ0v) is 14.9. The molecule has 2 heterocycles. The lowest BCUT2D eigenvalue weighted by Crippen LogP contribution is -2.47. The minimum absolute atomic E-state index is 0.167. The minimum atomic E-state index is -3.41. The number of nitrogens with zero attached hydrogens (tertiary/aromatic N) is 1. The Labute approximate surface area is 144 Å². The van der Waals surface area contributed by atoms with Gasteiger partial charge < -0.3 is 9.47 Å². The predicted octanol–water partition coefficient (Wildman–Crippen LogP) is 1.43. The second-order valence-corrected chi connectivity index (χ2v) is 8.40. The molecule has 0 aromatic heterocycles. The van der Waals surface area contributed by atoms with Crippen LogP contribution in [0.4, 0.5) is 0 Å². The summed E-state index contributed by atoms with van der Waals surface area (Å²) in [6.07, 6.45) is 2.55. The zero-order valence-electron chi connectivity index (χ0n) is 14.1. The van der Waals surface area contributed by atoms with Crippen LogP contribution < -0.4 is 9.46 Å². The van der Waals surface area contributed by atoms with Gasteiger partial charge in [-0.3, -0.25) is 0 Å². The van der Waals surface area contributed by atoms with Crippen molar-refractivity contribution in [3.63, 3.8) is 0 Å². The van der Waals surface area contributed by atoms with E-state index in [0.29, 0.717) is 38.8 Å². The molecule has 1 aromatic rings. The number of ether oxygens (including phenoxy) is 2. The number of fused-ring (bicyclic) bond motifs is 1. The van der Waals surface area contributed by atoms with Crippen molar-refractivity contribution in [1.29, 1.82) is 0 Å². The van der Waals surface area contributed by atoms with E-state index in [1.165, 1.54) is 0 Å². The summed E-state index contributed by atoms with van der Waals surface area (Å²) in [7, 11) is -1.72. The second kappa shape index (κ2) is 7.82. The van der Waals surface area contributed by atoms with E-state index in [4.69, 9.17) is 9.47 Å². The van der Waals surface area contributed by atoms with Gasteiger partial charge in [0.15, 0.2) is 0 Å². The zero-order chi connectivity index (χ0) is 17.0. The number of methoxy groups -OCH3 is 1. The highest BCUT2D eigenvalue weighted by Gasteiger charge is 2.29. The Hall–Kier alpha value is -1.15. The highest BCUT2D eigenvalue weighted by molar-refractivity contribution is 7.87. The van der Waals surface area contributed by atoms with Crippen LogP contribution in [0.25, 0.3) is 0 Å². The Kier molecular flexibility index (Phi) is 5.76. The monoisotopic (exact) mass is 354 g/mol. The van der Waals surface area contributed by atoms with E-state index >= 15 is 0 Å². The van der Waals surface area contributed by atoms with E-state index in [2.05, 4.69) is 4.72 Å². The Morgan fingerprint density at radius 1 is 1.25 bits per heavy atom. The van der Waals surface area contributed by atoms with E-state index in [-0.39, 0.29) is 5.92 Å². The van der Waals surface area contributed by atoms with Gasteiger partial charge in [-0.1, -0.05) is 18.2 Å². The first-order valence-corrected chi connectivity index (χ1v) is 9.97. The number of para-hydroxylation sites is 1. The van der Waals surface area contributed by atoms with Gasteiger partial charge in [0.05, 0.1) is 6.61 Å². The first-order chi connectivity index (χ1) is 11.6. The Bertz CT molecular complexity index is 642. The molecule has 0 radical (unpaired) electrons. The van der Waals surface area contributed by atoms with Crippen molar-refractivity contribution < 1.29 is 17.9 Å². The molecule has 1 atom stereocenters. The molecule has 2 aliphatic heterocycles. The molecular formula is C17H26N2O4S. The summed E-state index contributed by atoms with van der Waals surface area (Å²) in [4.78, 5) is 0. The fourth-order valence-electron chi connectivity index (χ4n) is 3.39. The minimum Gasteiger partial charge on any atom is -0.493 e. The smallest absolute Gasteiger partial charge is 0.279 e. The van der Waals surface area contributed by atoms with Crippen LogP contribution in [-0.2, 0) is 21.4 Å². The van der Waals surface area contributed by atoms with Crippen molar-refractivity contribution in [2.75, 3.05) is 40.0 Å². The summed E-state index contributed by atoms with van der Waals surface area (Å²) in [6.45, 7) is 2.80. The lowest BCUT2D eigenvalue weighted by molar-refractivity contribution is 0.121. The van der Waals surface area contributed by atoms with Crippen LogP contribution in [0, 0.1) is 11.8 Å². The summed E-state index contributed by atoms with van der Waals surface area (Å²) < 4.78 is 40.2. The number of rotatable bonds is 6. The second-order valence-electron chi connectivity index (χ2n) is 6.64. The summed E-state index contributed by atoms with van der Waals surface area (Å²) in [5.41, 5.74) is 1.15. The normalized spacial score (nSPS) is 22.8. The lowest BCUT2D eigenvalue weighted by Gasteiger charge is -2.32. The highest BCUT2D eigenvalue weighted by atomic mass is 32.2.